The molecule has 0 saturated carbocycles. The van der Waals surface area contributed by atoms with Crippen molar-refractivity contribution in [3.05, 3.63) is 107 Å². The number of halogens is 1. The quantitative estimate of drug-likeness (QED) is 0.263. The predicted molar refractivity (Wildman–Crippen MR) is 122 cm³/mol. The highest BCUT2D eigenvalue weighted by Gasteiger charge is 2.13. The number of carbonyl (C=O) groups excluding carboxylic acids is 1. The lowest BCUT2D eigenvalue weighted by molar-refractivity contribution is 0.0950. The molecule has 0 aliphatic heterocycles. The van der Waals surface area contributed by atoms with Crippen molar-refractivity contribution in [2.45, 2.75) is 6.61 Å². The van der Waals surface area contributed by atoms with Gasteiger partial charge < -0.3 is 9.47 Å². The van der Waals surface area contributed by atoms with E-state index in [2.05, 4.69) is 33.0 Å². The van der Waals surface area contributed by atoms with Crippen LogP contribution in [0.3, 0.4) is 0 Å². The van der Waals surface area contributed by atoms with Crippen LogP contribution in [-0.2, 0) is 6.61 Å². The van der Waals surface area contributed by atoms with Gasteiger partial charge in [-0.1, -0.05) is 71.0 Å². The molecule has 0 heterocycles. The second-order valence-corrected chi connectivity index (χ2v) is 7.17. The van der Waals surface area contributed by atoms with E-state index in [1.807, 2.05) is 60.7 Å². The minimum atomic E-state index is -0.375. The van der Waals surface area contributed by atoms with Gasteiger partial charge in [-0.2, -0.15) is 5.10 Å². The molecule has 5 nitrogen and oxygen atoms in total. The van der Waals surface area contributed by atoms with Crippen molar-refractivity contribution in [2.24, 2.45) is 5.10 Å². The number of nitrogens with zero attached hydrogens (tertiary/aromatic N) is 1. The van der Waals surface area contributed by atoms with Crippen LogP contribution in [0, 0.1) is 0 Å². The van der Waals surface area contributed by atoms with Crippen LogP contribution in [0.1, 0.15) is 21.5 Å². The number of hydrazone groups is 1. The van der Waals surface area contributed by atoms with Gasteiger partial charge in [0.05, 0.1) is 11.8 Å². The Bertz CT molecular complexity index is 1040. The zero-order valence-corrected chi connectivity index (χ0v) is 17.8. The standard InChI is InChI=1S/C24H21BrN2O3/c1-2-14-29-22-11-7-6-10-19(22)16-26-27-24(28)21-15-20(25)12-13-23(21)30-17-18-8-4-3-5-9-18/h2-13,15-16H,1,14,17H2,(H,27,28). The Morgan fingerprint density at radius 1 is 1.00 bits per heavy atom. The summed E-state index contributed by atoms with van der Waals surface area (Å²) >= 11 is 3.40. The molecule has 152 valence electrons. The molecule has 1 N–H and O–H groups in total. The summed E-state index contributed by atoms with van der Waals surface area (Å²) in [7, 11) is 0. The highest BCUT2D eigenvalue weighted by atomic mass is 79.9. The van der Waals surface area contributed by atoms with E-state index in [0.717, 1.165) is 15.6 Å². The minimum absolute atomic E-state index is 0.361. The number of hydrogen-bond acceptors (Lipinski definition) is 4. The summed E-state index contributed by atoms with van der Waals surface area (Å²) in [5.41, 5.74) is 4.69. The van der Waals surface area contributed by atoms with Crippen molar-refractivity contribution >= 4 is 28.1 Å². The highest BCUT2D eigenvalue weighted by molar-refractivity contribution is 9.10. The van der Waals surface area contributed by atoms with Crippen LogP contribution in [0.25, 0.3) is 0 Å². The Morgan fingerprint density at radius 3 is 2.57 bits per heavy atom. The Hall–Kier alpha value is -3.38. The third kappa shape index (κ3) is 6.06. The fourth-order valence-corrected chi connectivity index (χ4v) is 2.99. The lowest BCUT2D eigenvalue weighted by Gasteiger charge is -2.11. The molecule has 0 aliphatic carbocycles. The normalized spacial score (nSPS) is 10.6. The SMILES string of the molecule is C=CCOc1ccccc1C=NNC(=O)c1cc(Br)ccc1OCc1ccccc1. The van der Waals surface area contributed by atoms with Crippen molar-refractivity contribution in [1.29, 1.82) is 0 Å². The van der Waals surface area contributed by atoms with Crippen LogP contribution in [0.5, 0.6) is 11.5 Å². The molecule has 0 unspecified atom stereocenters. The molecule has 6 heteroatoms. The average Bonchev–Trinajstić information content (AvgIpc) is 2.78. The van der Waals surface area contributed by atoms with Gasteiger partial charge in [-0.05, 0) is 35.9 Å². The third-order valence-electron chi connectivity index (χ3n) is 4.07. The van der Waals surface area contributed by atoms with E-state index in [1.54, 1.807) is 24.4 Å². The first-order valence-corrected chi connectivity index (χ1v) is 10.1. The summed E-state index contributed by atoms with van der Waals surface area (Å²) in [6, 6.07) is 22.5. The predicted octanol–water partition coefficient (Wildman–Crippen LogP) is 5.36. The molecule has 0 aliphatic rings. The van der Waals surface area contributed by atoms with Crippen molar-refractivity contribution in [2.75, 3.05) is 6.61 Å². The number of carbonyl (C=O) groups is 1. The molecule has 3 aromatic carbocycles. The fraction of sp³-hybridized carbons (Fsp3) is 0.0833. The molecule has 0 bridgehead atoms. The Kier molecular flexibility index (Phi) is 7.80. The van der Waals surface area contributed by atoms with Gasteiger partial charge in [0.15, 0.2) is 0 Å². The summed E-state index contributed by atoms with van der Waals surface area (Å²) in [5, 5.41) is 4.07. The van der Waals surface area contributed by atoms with E-state index in [1.165, 1.54) is 0 Å². The number of hydrogen-bond donors (Lipinski definition) is 1. The van der Waals surface area contributed by atoms with Gasteiger partial charge >= 0.3 is 0 Å². The number of benzene rings is 3. The molecule has 0 fully saturated rings. The molecular formula is C24H21BrN2O3. The van der Waals surface area contributed by atoms with Crippen LogP contribution in [0.2, 0.25) is 0 Å². The minimum Gasteiger partial charge on any atom is -0.489 e. The van der Waals surface area contributed by atoms with Gasteiger partial charge in [-0.25, -0.2) is 5.43 Å². The summed E-state index contributed by atoms with van der Waals surface area (Å²) in [6.45, 7) is 4.39. The van der Waals surface area contributed by atoms with Crippen molar-refractivity contribution in [1.82, 2.24) is 5.43 Å². The smallest absolute Gasteiger partial charge is 0.275 e. The molecule has 0 saturated heterocycles. The van der Waals surface area contributed by atoms with Crippen LogP contribution < -0.4 is 14.9 Å². The topological polar surface area (TPSA) is 59.9 Å². The second-order valence-electron chi connectivity index (χ2n) is 6.25. The second kappa shape index (κ2) is 11.0. The Balaban J connectivity index is 1.70. The van der Waals surface area contributed by atoms with Gasteiger partial charge in [0.25, 0.3) is 5.91 Å². The fourth-order valence-electron chi connectivity index (χ4n) is 2.63. The van der Waals surface area contributed by atoms with E-state index in [-0.39, 0.29) is 5.91 Å². The molecule has 0 radical (unpaired) electrons. The third-order valence-corrected chi connectivity index (χ3v) is 4.56. The van der Waals surface area contributed by atoms with Crippen LogP contribution in [0.4, 0.5) is 0 Å². The van der Waals surface area contributed by atoms with Gasteiger partial charge in [0.1, 0.15) is 24.7 Å². The lowest BCUT2D eigenvalue weighted by Crippen LogP contribution is -2.19. The maximum absolute atomic E-state index is 12.7. The van der Waals surface area contributed by atoms with Crippen LogP contribution in [-0.4, -0.2) is 18.7 Å². The first kappa shape index (κ1) is 21.3. The maximum Gasteiger partial charge on any atom is 0.275 e. The molecule has 0 atom stereocenters. The van der Waals surface area contributed by atoms with Gasteiger partial charge in [0, 0.05) is 10.0 Å². The molecular weight excluding hydrogens is 444 g/mol. The largest absolute Gasteiger partial charge is 0.489 e. The number of amides is 1. The molecule has 0 aromatic heterocycles. The monoisotopic (exact) mass is 464 g/mol. The summed E-state index contributed by atoms with van der Waals surface area (Å²) in [6.07, 6.45) is 3.21. The van der Waals surface area contributed by atoms with Crippen LogP contribution >= 0.6 is 15.9 Å². The van der Waals surface area contributed by atoms with E-state index >= 15 is 0 Å². The number of rotatable bonds is 9. The van der Waals surface area contributed by atoms with Gasteiger partial charge in [0.2, 0.25) is 0 Å². The van der Waals surface area contributed by atoms with E-state index < -0.39 is 0 Å². The van der Waals surface area contributed by atoms with Crippen molar-refractivity contribution in [3.8, 4) is 11.5 Å². The molecule has 3 aromatic rings. The summed E-state index contributed by atoms with van der Waals surface area (Å²) in [5.74, 6) is 0.759. The molecule has 3 rings (SSSR count). The number of para-hydroxylation sites is 1. The highest BCUT2D eigenvalue weighted by Crippen LogP contribution is 2.24. The van der Waals surface area contributed by atoms with Crippen molar-refractivity contribution in [3.63, 3.8) is 0 Å². The van der Waals surface area contributed by atoms with Crippen LogP contribution in [0.15, 0.2) is 95.0 Å². The zero-order chi connectivity index (χ0) is 21.2. The van der Waals surface area contributed by atoms with E-state index in [0.29, 0.717) is 30.3 Å². The molecule has 1 amide bonds. The molecule has 30 heavy (non-hydrogen) atoms. The maximum atomic E-state index is 12.7. The first-order valence-electron chi connectivity index (χ1n) is 9.30. The number of ether oxygens (including phenoxy) is 2. The lowest BCUT2D eigenvalue weighted by atomic mass is 10.2. The van der Waals surface area contributed by atoms with Gasteiger partial charge in [-0.15, -0.1) is 0 Å². The Morgan fingerprint density at radius 2 is 1.77 bits per heavy atom. The van der Waals surface area contributed by atoms with Gasteiger partial charge in [-0.3, -0.25) is 4.79 Å². The van der Waals surface area contributed by atoms with E-state index in [4.69, 9.17) is 9.47 Å². The van der Waals surface area contributed by atoms with Crippen molar-refractivity contribution < 1.29 is 14.3 Å². The van der Waals surface area contributed by atoms with E-state index in [9.17, 15) is 4.79 Å². The Labute approximate surface area is 184 Å². The number of nitrogens with one attached hydrogen (secondary N) is 1. The summed E-state index contributed by atoms with van der Waals surface area (Å²) in [4.78, 5) is 12.7. The zero-order valence-electron chi connectivity index (χ0n) is 16.3. The average molecular weight is 465 g/mol. The summed E-state index contributed by atoms with van der Waals surface area (Å²) < 4.78 is 12.2. The molecule has 0 spiro atoms. The first-order chi connectivity index (χ1) is 14.7.